The molecule has 3 aromatic carbocycles. The zero-order valence-electron chi connectivity index (χ0n) is 17.5. The summed E-state index contributed by atoms with van der Waals surface area (Å²) < 4.78 is 26.7. The Balaban J connectivity index is 1.69. The molecule has 0 aliphatic rings. The van der Waals surface area contributed by atoms with Crippen molar-refractivity contribution in [2.45, 2.75) is 31.5 Å². The van der Waals surface area contributed by atoms with Crippen LogP contribution >= 0.6 is 0 Å². The first-order valence-corrected chi connectivity index (χ1v) is 10.2. The van der Waals surface area contributed by atoms with E-state index in [-0.39, 0.29) is 12.0 Å². The van der Waals surface area contributed by atoms with Crippen molar-refractivity contribution in [1.29, 1.82) is 0 Å². The second-order valence-corrected chi connectivity index (χ2v) is 7.50. The lowest BCUT2D eigenvalue weighted by Gasteiger charge is -2.26. The van der Waals surface area contributed by atoms with Gasteiger partial charge in [-0.05, 0) is 35.7 Å². The van der Waals surface area contributed by atoms with E-state index in [0.29, 0.717) is 11.1 Å². The predicted octanol–water partition coefficient (Wildman–Crippen LogP) is 3.60. The van der Waals surface area contributed by atoms with Crippen LogP contribution in [0.15, 0.2) is 78.9 Å². The maximum atomic E-state index is 13.3. The molecule has 0 aliphatic carbocycles. The summed E-state index contributed by atoms with van der Waals surface area (Å²) in [5.74, 6) is -2.62. The highest BCUT2D eigenvalue weighted by atomic mass is 19.1. The Hall–Kier alpha value is -3.58. The maximum absolute atomic E-state index is 13.3. The van der Waals surface area contributed by atoms with Crippen LogP contribution in [0.3, 0.4) is 0 Å². The minimum atomic E-state index is -1.01. The van der Waals surface area contributed by atoms with Gasteiger partial charge in [0.25, 0.3) is 0 Å². The van der Waals surface area contributed by atoms with E-state index < -0.39 is 41.6 Å². The van der Waals surface area contributed by atoms with Crippen LogP contribution in [0.25, 0.3) is 0 Å². The molecule has 0 aromatic heterocycles. The van der Waals surface area contributed by atoms with Gasteiger partial charge in [-0.3, -0.25) is 9.59 Å². The molecule has 0 fully saturated rings. The van der Waals surface area contributed by atoms with Gasteiger partial charge in [0.1, 0.15) is 23.8 Å². The predicted molar refractivity (Wildman–Crippen MR) is 116 cm³/mol. The van der Waals surface area contributed by atoms with Crippen molar-refractivity contribution < 1.29 is 23.5 Å². The molecule has 3 N–H and O–H groups in total. The van der Waals surface area contributed by atoms with Gasteiger partial charge >= 0.3 is 0 Å². The Kier molecular flexibility index (Phi) is 7.68. The molecule has 3 rings (SSSR count). The molecule has 3 atom stereocenters. The average molecular weight is 438 g/mol. The summed E-state index contributed by atoms with van der Waals surface area (Å²) in [5.41, 5.74) is 1.49. The van der Waals surface area contributed by atoms with E-state index in [2.05, 4.69) is 10.6 Å². The Morgan fingerprint density at radius 2 is 1.38 bits per heavy atom. The fourth-order valence-electron chi connectivity index (χ4n) is 3.38. The first kappa shape index (κ1) is 23.1. The number of aliphatic hydroxyl groups excluding tert-OH is 1. The van der Waals surface area contributed by atoms with Gasteiger partial charge in [0, 0.05) is 6.07 Å². The number of hydrogen-bond acceptors (Lipinski definition) is 3. The molecular weight excluding hydrogens is 414 g/mol. The lowest BCUT2D eigenvalue weighted by Crippen LogP contribution is -2.47. The SMILES string of the molecule is C[C@H](NC(=O)Cc1cc(F)cc(F)c1)C(=O)N[C@@H](c1ccccc1)[C@H](O)c1ccccc1. The Bertz CT molecular complexity index is 1040. The summed E-state index contributed by atoms with van der Waals surface area (Å²) in [5, 5.41) is 16.2. The molecule has 0 spiro atoms. The molecule has 0 saturated carbocycles. The van der Waals surface area contributed by atoms with E-state index in [4.69, 9.17) is 0 Å². The monoisotopic (exact) mass is 438 g/mol. The van der Waals surface area contributed by atoms with Gasteiger partial charge in [0.2, 0.25) is 11.8 Å². The number of halogens is 2. The van der Waals surface area contributed by atoms with Gasteiger partial charge in [-0.1, -0.05) is 60.7 Å². The second-order valence-electron chi connectivity index (χ2n) is 7.50. The smallest absolute Gasteiger partial charge is 0.242 e. The normalized spacial score (nSPS) is 13.6. The van der Waals surface area contributed by atoms with E-state index in [1.807, 2.05) is 12.1 Å². The van der Waals surface area contributed by atoms with Gasteiger partial charge < -0.3 is 15.7 Å². The van der Waals surface area contributed by atoms with E-state index in [0.717, 1.165) is 18.2 Å². The van der Waals surface area contributed by atoms with Crippen molar-refractivity contribution >= 4 is 11.8 Å². The topological polar surface area (TPSA) is 78.4 Å². The number of nitrogens with one attached hydrogen (secondary N) is 2. The third kappa shape index (κ3) is 6.21. The summed E-state index contributed by atoms with van der Waals surface area (Å²) in [4.78, 5) is 25.1. The summed E-state index contributed by atoms with van der Waals surface area (Å²) in [6, 6.07) is 19.1. The minimum Gasteiger partial charge on any atom is -0.386 e. The molecule has 2 amide bonds. The number of aliphatic hydroxyl groups is 1. The average Bonchev–Trinajstić information content (AvgIpc) is 2.77. The summed E-state index contributed by atoms with van der Waals surface area (Å²) in [6.45, 7) is 1.50. The molecule has 0 unspecified atom stereocenters. The maximum Gasteiger partial charge on any atom is 0.242 e. The van der Waals surface area contributed by atoms with Crippen molar-refractivity contribution in [1.82, 2.24) is 10.6 Å². The standard InChI is InChI=1S/C25H24F2N2O3/c1-16(28-22(30)14-17-12-20(26)15-21(27)13-17)25(32)29-23(18-8-4-2-5-9-18)24(31)19-10-6-3-7-11-19/h2-13,15-16,23-24,31H,14H2,1H3,(H,28,30)(H,29,32)/t16-,23-,24+/m0/s1. The van der Waals surface area contributed by atoms with Gasteiger partial charge in [0.05, 0.1) is 12.5 Å². The third-order valence-corrected chi connectivity index (χ3v) is 4.97. The van der Waals surface area contributed by atoms with E-state index in [9.17, 15) is 23.5 Å². The van der Waals surface area contributed by atoms with Crippen molar-refractivity contribution in [3.63, 3.8) is 0 Å². The highest BCUT2D eigenvalue weighted by Crippen LogP contribution is 2.28. The number of hydrogen-bond donors (Lipinski definition) is 3. The van der Waals surface area contributed by atoms with Gasteiger partial charge in [0.15, 0.2) is 0 Å². The largest absolute Gasteiger partial charge is 0.386 e. The summed E-state index contributed by atoms with van der Waals surface area (Å²) in [6.07, 6.45) is -1.29. The lowest BCUT2D eigenvalue weighted by atomic mass is 9.95. The van der Waals surface area contributed by atoms with Crippen molar-refractivity contribution in [3.05, 3.63) is 107 Å². The Morgan fingerprint density at radius 1 is 0.844 bits per heavy atom. The first-order chi connectivity index (χ1) is 15.3. The quantitative estimate of drug-likeness (QED) is 0.503. The highest BCUT2D eigenvalue weighted by molar-refractivity contribution is 5.88. The van der Waals surface area contributed by atoms with Crippen molar-refractivity contribution in [2.24, 2.45) is 0 Å². The Labute approximate surface area is 185 Å². The molecule has 0 radical (unpaired) electrons. The van der Waals surface area contributed by atoms with Crippen LogP contribution in [0.2, 0.25) is 0 Å². The summed E-state index contributed by atoms with van der Waals surface area (Å²) in [7, 11) is 0. The lowest BCUT2D eigenvalue weighted by molar-refractivity contribution is -0.129. The zero-order valence-corrected chi connectivity index (χ0v) is 17.5. The van der Waals surface area contributed by atoms with Crippen LogP contribution in [-0.4, -0.2) is 23.0 Å². The van der Waals surface area contributed by atoms with Crippen LogP contribution in [0.4, 0.5) is 8.78 Å². The van der Waals surface area contributed by atoms with Crippen LogP contribution in [-0.2, 0) is 16.0 Å². The fraction of sp³-hybridized carbons (Fsp3) is 0.200. The fourth-order valence-corrected chi connectivity index (χ4v) is 3.38. The van der Waals surface area contributed by atoms with Crippen LogP contribution in [0.1, 0.15) is 35.8 Å². The number of benzene rings is 3. The molecule has 7 heteroatoms. The number of carbonyl (C=O) groups is 2. The van der Waals surface area contributed by atoms with Crippen LogP contribution in [0, 0.1) is 11.6 Å². The van der Waals surface area contributed by atoms with E-state index in [1.54, 1.807) is 48.5 Å². The van der Waals surface area contributed by atoms with Gasteiger partial charge in [-0.15, -0.1) is 0 Å². The van der Waals surface area contributed by atoms with Crippen molar-refractivity contribution in [2.75, 3.05) is 0 Å². The van der Waals surface area contributed by atoms with E-state index in [1.165, 1.54) is 6.92 Å². The molecule has 5 nitrogen and oxygen atoms in total. The van der Waals surface area contributed by atoms with Crippen LogP contribution in [0.5, 0.6) is 0 Å². The molecule has 0 aliphatic heterocycles. The third-order valence-electron chi connectivity index (χ3n) is 4.97. The molecule has 0 heterocycles. The van der Waals surface area contributed by atoms with Crippen LogP contribution < -0.4 is 10.6 Å². The minimum absolute atomic E-state index is 0.161. The Morgan fingerprint density at radius 3 is 1.94 bits per heavy atom. The summed E-state index contributed by atoms with van der Waals surface area (Å²) >= 11 is 0. The van der Waals surface area contributed by atoms with Gasteiger partial charge in [-0.25, -0.2) is 8.78 Å². The molecule has 0 saturated heterocycles. The zero-order chi connectivity index (χ0) is 23.1. The first-order valence-electron chi connectivity index (χ1n) is 10.2. The van der Waals surface area contributed by atoms with E-state index >= 15 is 0 Å². The highest BCUT2D eigenvalue weighted by Gasteiger charge is 2.27. The molecule has 166 valence electrons. The number of carbonyl (C=O) groups excluding carboxylic acids is 2. The number of rotatable bonds is 8. The molecule has 3 aromatic rings. The van der Waals surface area contributed by atoms with Gasteiger partial charge in [-0.2, -0.15) is 0 Å². The second kappa shape index (κ2) is 10.6. The number of amides is 2. The molecular formula is C25H24F2N2O3. The molecule has 32 heavy (non-hydrogen) atoms. The van der Waals surface area contributed by atoms with Crippen molar-refractivity contribution in [3.8, 4) is 0 Å². The molecule has 0 bridgehead atoms.